The van der Waals surface area contributed by atoms with Crippen LogP contribution in [0.3, 0.4) is 0 Å². The van der Waals surface area contributed by atoms with Crippen LogP contribution < -0.4 is 14.8 Å². The largest absolute Gasteiger partial charge is 0.493 e. The Labute approximate surface area is 204 Å². The molecule has 184 valence electrons. The third-order valence-corrected chi connectivity index (χ3v) is 5.71. The molecule has 1 aliphatic rings. The first-order valence-corrected chi connectivity index (χ1v) is 11.8. The molecule has 3 aromatic rings. The minimum atomic E-state index is -0.380. The summed E-state index contributed by atoms with van der Waals surface area (Å²) >= 11 is 0. The molecule has 1 N–H and O–H groups in total. The molecule has 1 aliphatic heterocycles. The average Bonchev–Trinajstić information content (AvgIpc) is 3.26. The molecular formula is C27H30N2O6. The SMILES string of the molecule is CCCCOc1ccc(/C=C/C(=O)Nc2c(C(=O)N3CCOCC3)oc3ccccc23)cc1OC. The number of nitrogens with one attached hydrogen (secondary N) is 1. The number of furan rings is 1. The number of fused-ring (bicyclic) bond motifs is 1. The van der Waals surface area contributed by atoms with Gasteiger partial charge in [-0.15, -0.1) is 0 Å². The number of hydrogen-bond acceptors (Lipinski definition) is 6. The van der Waals surface area contributed by atoms with E-state index in [1.165, 1.54) is 6.08 Å². The number of para-hydroxylation sites is 1. The topological polar surface area (TPSA) is 90.2 Å². The van der Waals surface area contributed by atoms with Crippen molar-refractivity contribution in [2.24, 2.45) is 0 Å². The molecule has 4 rings (SSSR count). The van der Waals surface area contributed by atoms with Crippen molar-refractivity contribution in [1.29, 1.82) is 0 Å². The van der Waals surface area contributed by atoms with Gasteiger partial charge in [-0.25, -0.2) is 0 Å². The fraction of sp³-hybridized carbons (Fsp3) is 0.333. The summed E-state index contributed by atoms with van der Waals surface area (Å²) in [6.45, 7) is 4.62. The maximum Gasteiger partial charge on any atom is 0.291 e. The van der Waals surface area contributed by atoms with E-state index in [0.717, 1.165) is 18.4 Å². The maximum atomic E-state index is 13.1. The van der Waals surface area contributed by atoms with Crippen LogP contribution in [0.1, 0.15) is 35.9 Å². The van der Waals surface area contributed by atoms with Crippen molar-refractivity contribution in [1.82, 2.24) is 4.90 Å². The molecule has 35 heavy (non-hydrogen) atoms. The highest BCUT2D eigenvalue weighted by molar-refractivity contribution is 6.13. The monoisotopic (exact) mass is 478 g/mol. The van der Waals surface area contributed by atoms with Gasteiger partial charge in [0.25, 0.3) is 5.91 Å². The minimum absolute atomic E-state index is 0.116. The number of amides is 2. The van der Waals surface area contributed by atoms with Crippen LogP contribution in [-0.2, 0) is 9.53 Å². The number of methoxy groups -OCH3 is 1. The second kappa shape index (κ2) is 11.6. The lowest BCUT2D eigenvalue weighted by Crippen LogP contribution is -2.40. The Kier molecular flexibility index (Phi) is 8.05. The zero-order valence-corrected chi connectivity index (χ0v) is 20.0. The summed E-state index contributed by atoms with van der Waals surface area (Å²) in [7, 11) is 1.58. The van der Waals surface area contributed by atoms with Crippen LogP contribution in [0.5, 0.6) is 11.5 Å². The molecule has 0 spiro atoms. The number of rotatable bonds is 9. The summed E-state index contributed by atoms with van der Waals surface area (Å²) in [5.74, 6) is 0.730. The molecule has 8 nitrogen and oxygen atoms in total. The van der Waals surface area contributed by atoms with Gasteiger partial charge in [-0.05, 0) is 42.3 Å². The lowest BCUT2D eigenvalue weighted by molar-refractivity contribution is -0.111. The van der Waals surface area contributed by atoms with E-state index in [0.29, 0.717) is 61.1 Å². The molecule has 0 radical (unpaired) electrons. The minimum Gasteiger partial charge on any atom is -0.493 e. The van der Waals surface area contributed by atoms with Gasteiger partial charge in [0.1, 0.15) is 11.3 Å². The van der Waals surface area contributed by atoms with Crippen molar-refractivity contribution in [3.63, 3.8) is 0 Å². The summed E-state index contributed by atoms with van der Waals surface area (Å²) in [4.78, 5) is 27.6. The van der Waals surface area contributed by atoms with Crippen LogP contribution in [0.15, 0.2) is 53.0 Å². The third-order valence-electron chi connectivity index (χ3n) is 5.71. The molecule has 8 heteroatoms. The molecular weight excluding hydrogens is 448 g/mol. The van der Waals surface area contributed by atoms with Crippen molar-refractivity contribution in [2.75, 3.05) is 45.3 Å². The zero-order chi connectivity index (χ0) is 24.6. The number of ether oxygens (including phenoxy) is 3. The second-order valence-electron chi connectivity index (χ2n) is 8.14. The molecule has 0 aliphatic carbocycles. The smallest absolute Gasteiger partial charge is 0.291 e. The van der Waals surface area contributed by atoms with Gasteiger partial charge in [-0.1, -0.05) is 31.5 Å². The Morgan fingerprint density at radius 3 is 2.69 bits per heavy atom. The van der Waals surface area contributed by atoms with Crippen LogP contribution in [0, 0.1) is 0 Å². The highest BCUT2D eigenvalue weighted by atomic mass is 16.5. The number of carbonyl (C=O) groups excluding carboxylic acids is 2. The molecule has 1 saturated heterocycles. The van der Waals surface area contributed by atoms with Crippen LogP contribution in [0.25, 0.3) is 17.0 Å². The predicted molar refractivity (Wildman–Crippen MR) is 134 cm³/mol. The molecule has 0 saturated carbocycles. The van der Waals surface area contributed by atoms with E-state index >= 15 is 0 Å². The lowest BCUT2D eigenvalue weighted by Gasteiger charge is -2.26. The Hall–Kier alpha value is -3.78. The fourth-order valence-electron chi connectivity index (χ4n) is 3.80. The molecule has 2 aromatic carbocycles. The van der Waals surface area contributed by atoms with Crippen molar-refractivity contribution < 1.29 is 28.2 Å². The molecule has 1 aromatic heterocycles. The van der Waals surface area contributed by atoms with Crippen molar-refractivity contribution in [3.8, 4) is 11.5 Å². The fourth-order valence-corrected chi connectivity index (χ4v) is 3.80. The lowest BCUT2D eigenvalue weighted by atomic mass is 10.1. The van der Waals surface area contributed by atoms with Gasteiger partial charge in [0, 0.05) is 24.6 Å². The van der Waals surface area contributed by atoms with E-state index < -0.39 is 0 Å². The standard InChI is InChI=1S/C27H30N2O6/c1-3-4-15-34-22-11-9-19(18-23(22)32-2)10-12-24(30)28-25-20-7-5-6-8-21(20)35-26(25)27(31)29-13-16-33-17-14-29/h5-12,18H,3-4,13-17H2,1-2H3,(H,28,30)/b12-10+. The van der Waals surface area contributed by atoms with E-state index in [9.17, 15) is 9.59 Å². The number of hydrogen-bond donors (Lipinski definition) is 1. The summed E-state index contributed by atoms with van der Waals surface area (Å²) in [6.07, 6.45) is 5.10. The van der Waals surface area contributed by atoms with E-state index in [4.69, 9.17) is 18.6 Å². The predicted octanol–water partition coefficient (Wildman–Crippen LogP) is 4.74. The molecule has 2 heterocycles. The Balaban J connectivity index is 1.52. The summed E-state index contributed by atoms with van der Waals surface area (Å²) in [5.41, 5.74) is 1.68. The number of unbranched alkanes of at least 4 members (excludes halogenated alkanes) is 1. The Bertz CT molecular complexity index is 1210. The van der Waals surface area contributed by atoms with Gasteiger partial charge in [-0.3, -0.25) is 9.59 Å². The first-order chi connectivity index (χ1) is 17.1. The maximum absolute atomic E-state index is 13.1. The average molecular weight is 479 g/mol. The number of carbonyl (C=O) groups is 2. The van der Waals surface area contributed by atoms with Crippen molar-refractivity contribution >= 4 is 34.5 Å². The normalized spacial score (nSPS) is 13.8. The summed E-state index contributed by atoms with van der Waals surface area (Å²) < 4.78 is 22.4. The number of anilines is 1. The van der Waals surface area contributed by atoms with Crippen LogP contribution in [0.2, 0.25) is 0 Å². The van der Waals surface area contributed by atoms with Gasteiger partial charge >= 0.3 is 0 Å². The van der Waals surface area contributed by atoms with Crippen LogP contribution in [-0.4, -0.2) is 56.7 Å². The molecule has 0 atom stereocenters. The second-order valence-corrected chi connectivity index (χ2v) is 8.14. The Morgan fingerprint density at radius 1 is 1.11 bits per heavy atom. The number of benzene rings is 2. The van der Waals surface area contributed by atoms with Gasteiger partial charge in [0.15, 0.2) is 11.5 Å². The van der Waals surface area contributed by atoms with Crippen LogP contribution in [0.4, 0.5) is 5.69 Å². The first kappa shape index (κ1) is 24.3. The van der Waals surface area contributed by atoms with Crippen molar-refractivity contribution in [2.45, 2.75) is 19.8 Å². The molecule has 2 amide bonds. The van der Waals surface area contributed by atoms with E-state index in [1.54, 1.807) is 24.2 Å². The van der Waals surface area contributed by atoms with Gasteiger partial charge in [0.2, 0.25) is 11.7 Å². The molecule has 0 bridgehead atoms. The van der Waals surface area contributed by atoms with Gasteiger partial charge in [-0.2, -0.15) is 0 Å². The zero-order valence-electron chi connectivity index (χ0n) is 20.0. The van der Waals surface area contributed by atoms with Gasteiger partial charge < -0.3 is 28.8 Å². The first-order valence-electron chi connectivity index (χ1n) is 11.8. The van der Waals surface area contributed by atoms with E-state index in [2.05, 4.69) is 12.2 Å². The number of nitrogens with zero attached hydrogens (tertiary/aromatic N) is 1. The van der Waals surface area contributed by atoms with Crippen LogP contribution >= 0.6 is 0 Å². The third kappa shape index (κ3) is 5.84. The quantitative estimate of drug-likeness (QED) is 0.353. The molecule has 1 fully saturated rings. The van der Waals surface area contributed by atoms with E-state index in [1.807, 2.05) is 36.4 Å². The molecule has 0 unspecified atom stereocenters. The van der Waals surface area contributed by atoms with E-state index in [-0.39, 0.29) is 17.6 Å². The highest BCUT2D eigenvalue weighted by Crippen LogP contribution is 2.32. The highest BCUT2D eigenvalue weighted by Gasteiger charge is 2.27. The number of morpholine rings is 1. The van der Waals surface area contributed by atoms with Crippen molar-refractivity contribution in [3.05, 3.63) is 59.9 Å². The summed E-state index contributed by atoms with van der Waals surface area (Å²) in [5, 5.41) is 3.51. The Morgan fingerprint density at radius 2 is 1.91 bits per heavy atom. The summed E-state index contributed by atoms with van der Waals surface area (Å²) in [6, 6.07) is 12.7. The van der Waals surface area contributed by atoms with Gasteiger partial charge in [0.05, 0.1) is 26.9 Å².